The Morgan fingerprint density at radius 1 is 1.32 bits per heavy atom. The summed E-state index contributed by atoms with van der Waals surface area (Å²) in [5, 5.41) is 11.3. The second-order valence-electron chi connectivity index (χ2n) is 4.85. The first-order valence-corrected chi connectivity index (χ1v) is 6.37. The average Bonchev–Trinajstić information content (AvgIpc) is 2.71. The van der Waals surface area contributed by atoms with Crippen LogP contribution in [0.5, 0.6) is 0 Å². The quantitative estimate of drug-likeness (QED) is 0.811. The van der Waals surface area contributed by atoms with Crippen molar-refractivity contribution in [2.24, 2.45) is 0 Å². The van der Waals surface area contributed by atoms with E-state index in [-0.39, 0.29) is 5.56 Å². The van der Waals surface area contributed by atoms with Gasteiger partial charge in [-0.2, -0.15) is 13.2 Å². The number of amides is 1. The van der Waals surface area contributed by atoms with Crippen molar-refractivity contribution in [3.8, 4) is 0 Å². The normalized spacial score (nSPS) is 13.1. The number of H-pyrrole nitrogens is 1. The van der Waals surface area contributed by atoms with E-state index in [2.05, 4.69) is 4.98 Å². The molecule has 118 valence electrons. The zero-order valence-electron chi connectivity index (χ0n) is 11.5. The predicted octanol–water partition coefficient (Wildman–Crippen LogP) is 2.61. The van der Waals surface area contributed by atoms with Gasteiger partial charge in [0.1, 0.15) is 6.04 Å². The first-order chi connectivity index (χ1) is 10.2. The molecule has 1 unspecified atom stereocenters. The number of benzene rings is 1. The Kier molecular flexibility index (Phi) is 4.11. The van der Waals surface area contributed by atoms with Crippen LogP contribution in [0.3, 0.4) is 0 Å². The molecule has 3 N–H and O–H groups in total. The van der Waals surface area contributed by atoms with Crippen LogP contribution in [0.4, 0.5) is 13.2 Å². The van der Waals surface area contributed by atoms with Gasteiger partial charge >= 0.3 is 12.1 Å². The van der Waals surface area contributed by atoms with E-state index < -0.39 is 30.5 Å². The van der Waals surface area contributed by atoms with E-state index in [0.29, 0.717) is 16.6 Å². The molecule has 0 saturated carbocycles. The van der Waals surface area contributed by atoms with E-state index in [1.165, 1.54) is 0 Å². The molecule has 1 aromatic heterocycles. The van der Waals surface area contributed by atoms with Gasteiger partial charge in [0, 0.05) is 16.6 Å². The molecule has 8 heteroatoms. The van der Waals surface area contributed by atoms with Crippen molar-refractivity contribution < 1.29 is 27.9 Å². The number of aryl methyl sites for hydroxylation is 1. The van der Waals surface area contributed by atoms with E-state index in [4.69, 9.17) is 5.11 Å². The summed E-state index contributed by atoms with van der Waals surface area (Å²) >= 11 is 0. The first kappa shape index (κ1) is 15.9. The number of carbonyl (C=O) groups excluding carboxylic acids is 1. The van der Waals surface area contributed by atoms with E-state index in [9.17, 15) is 22.8 Å². The van der Waals surface area contributed by atoms with Gasteiger partial charge in [-0.3, -0.25) is 4.79 Å². The number of nitrogens with one attached hydrogen (secondary N) is 2. The minimum absolute atomic E-state index is 0.143. The van der Waals surface area contributed by atoms with Gasteiger partial charge in [-0.1, -0.05) is 18.2 Å². The van der Waals surface area contributed by atoms with Crippen LogP contribution in [0.25, 0.3) is 10.9 Å². The molecule has 2 aromatic rings. The molecule has 0 bridgehead atoms. The number of carboxylic acids is 1. The molecule has 1 atom stereocenters. The average molecular weight is 314 g/mol. The van der Waals surface area contributed by atoms with Crippen molar-refractivity contribution >= 4 is 22.8 Å². The number of aliphatic carboxylic acids is 1. The van der Waals surface area contributed by atoms with Crippen LogP contribution < -0.4 is 5.32 Å². The molecule has 22 heavy (non-hydrogen) atoms. The number of halogens is 3. The Labute approximate surface area is 123 Å². The third-order valence-electron chi connectivity index (χ3n) is 3.16. The number of hydrogen-bond donors (Lipinski definition) is 3. The number of carbonyl (C=O) groups is 2. The van der Waals surface area contributed by atoms with Crippen LogP contribution in [0.15, 0.2) is 24.3 Å². The maximum Gasteiger partial charge on any atom is 0.391 e. The molecule has 0 saturated heterocycles. The summed E-state index contributed by atoms with van der Waals surface area (Å²) in [5.74, 6) is -2.59. The van der Waals surface area contributed by atoms with Crippen LogP contribution in [0.1, 0.15) is 22.5 Å². The van der Waals surface area contributed by atoms with Crippen molar-refractivity contribution in [3.63, 3.8) is 0 Å². The summed E-state index contributed by atoms with van der Waals surface area (Å²) in [6.07, 6.45) is -6.32. The summed E-state index contributed by atoms with van der Waals surface area (Å²) in [4.78, 5) is 26.0. The number of carboxylic acid groups (broad SMARTS) is 1. The number of fused-ring (bicyclic) bond motifs is 1. The number of para-hydroxylation sites is 1. The lowest BCUT2D eigenvalue weighted by atomic mass is 10.1. The van der Waals surface area contributed by atoms with Gasteiger partial charge in [0.2, 0.25) is 0 Å². The van der Waals surface area contributed by atoms with E-state index in [1.807, 2.05) is 5.32 Å². The molecule has 1 aromatic carbocycles. The Hall–Kier alpha value is -2.51. The third kappa shape index (κ3) is 3.38. The lowest BCUT2D eigenvalue weighted by Gasteiger charge is -2.16. The maximum atomic E-state index is 12.4. The van der Waals surface area contributed by atoms with E-state index >= 15 is 0 Å². The highest BCUT2D eigenvalue weighted by Gasteiger charge is 2.36. The van der Waals surface area contributed by atoms with Crippen LogP contribution >= 0.6 is 0 Å². The molecule has 1 heterocycles. The summed E-state index contributed by atoms with van der Waals surface area (Å²) < 4.78 is 37.1. The maximum absolute atomic E-state index is 12.4. The highest BCUT2D eigenvalue weighted by molar-refractivity contribution is 6.08. The van der Waals surface area contributed by atoms with Crippen molar-refractivity contribution in [1.29, 1.82) is 0 Å². The van der Waals surface area contributed by atoms with Gasteiger partial charge in [0.25, 0.3) is 5.91 Å². The minimum atomic E-state index is -4.69. The molecule has 0 spiro atoms. The predicted molar refractivity (Wildman–Crippen MR) is 72.6 cm³/mol. The second-order valence-corrected chi connectivity index (χ2v) is 4.85. The minimum Gasteiger partial charge on any atom is -0.480 e. The second kappa shape index (κ2) is 5.70. The van der Waals surface area contributed by atoms with Gasteiger partial charge < -0.3 is 15.4 Å². The largest absolute Gasteiger partial charge is 0.480 e. The van der Waals surface area contributed by atoms with Gasteiger partial charge in [0.15, 0.2) is 0 Å². The zero-order chi connectivity index (χ0) is 16.5. The van der Waals surface area contributed by atoms with E-state index in [1.54, 1.807) is 31.2 Å². The Balaban J connectivity index is 2.30. The molecule has 2 rings (SSSR count). The highest BCUT2D eigenvalue weighted by atomic mass is 19.4. The van der Waals surface area contributed by atoms with Crippen LogP contribution in [0, 0.1) is 6.92 Å². The van der Waals surface area contributed by atoms with Crippen molar-refractivity contribution in [3.05, 3.63) is 35.5 Å². The number of hydrogen-bond acceptors (Lipinski definition) is 2. The molecule has 0 aliphatic rings. The molecule has 1 amide bonds. The fourth-order valence-electron chi connectivity index (χ4n) is 2.23. The van der Waals surface area contributed by atoms with Crippen LogP contribution in [0.2, 0.25) is 0 Å². The van der Waals surface area contributed by atoms with Crippen LogP contribution in [-0.4, -0.2) is 34.2 Å². The van der Waals surface area contributed by atoms with Gasteiger partial charge in [-0.15, -0.1) is 0 Å². The molecular formula is C14H13F3N2O3. The molecule has 0 aliphatic carbocycles. The Morgan fingerprint density at radius 3 is 2.55 bits per heavy atom. The first-order valence-electron chi connectivity index (χ1n) is 6.37. The molecule has 0 aliphatic heterocycles. The van der Waals surface area contributed by atoms with Gasteiger partial charge in [0.05, 0.1) is 12.0 Å². The fourth-order valence-corrected chi connectivity index (χ4v) is 2.23. The number of rotatable bonds is 4. The molecular weight excluding hydrogens is 301 g/mol. The van der Waals surface area contributed by atoms with Crippen molar-refractivity contribution in [2.45, 2.75) is 25.6 Å². The monoisotopic (exact) mass is 314 g/mol. The smallest absolute Gasteiger partial charge is 0.391 e. The Morgan fingerprint density at radius 2 is 1.95 bits per heavy atom. The number of aromatic nitrogens is 1. The standard InChI is InChI=1S/C14H13F3N2O3/c1-7-11(8-4-2-3-5-9(8)18-7)12(20)19-10(13(21)22)6-14(15,16)17/h2-5,10,18H,6H2,1H3,(H,19,20)(H,21,22). The fraction of sp³-hybridized carbons (Fsp3) is 0.286. The lowest BCUT2D eigenvalue weighted by Crippen LogP contribution is -2.43. The molecule has 5 nitrogen and oxygen atoms in total. The summed E-state index contributed by atoms with van der Waals surface area (Å²) in [5.41, 5.74) is 1.24. The van der Waals surface area contributed by atoms with Gasteiger partial charge in [-0.25, -0.2) is 4.79 Å². The zero-order valence-corrected chi connectivity index (χ0v) is 11.5. The van der Waals surface area contributed by atoms with Crippen molar-refractivity contribution in [1.82, 2.24) is 10.3 Å². The SMILES string of the molecule is Cc1[nH]c2ccccc2c1C(=O)NC(CC(F)(F)F)C(=O)O. The summed E-state index contributed by atoms with van der Waals surface area (Å²) in [6, 6.07) is 4.73. The molecule has 0 fully saturated rings. The Bertz CT molecular complexity index is 722. The summed E-state index contributed by atoms with van der Waals surface area (Å²) in [6.45, 7) is 1.59. The van der Waals surface area contributed by atoms with Gasteiger partial charge in [-0.05, 0) is 13.0 Å². The third-order valence-corrected chi connectivity index (χ3v) is 3.16. The molecule has 0 radical (unpaired) electrons. The van der Waals surface area contributed by atoms with Crippen molar-refractivity contribution in [2.75, 3.05) is 0 Å². The van der Waals surface area contributed by atoms with E-state index in [0.717, 1.165) is 0 Å². The highest BCUT2D eigenvalue weighted by Crippen LogP contribution is 2.24. The summed E-state index contributed by atoms with van der Waals surface area (Å²) in [7, 11) is 0. The topological polar surface area (TPSA) is 82.2 Å². The lowest BCUT2D eigenvalue weighted by molar-refractivity contribution is -0.157. The van der Waals surface area contributed by atoms with Crippen LogP contribution in [-0.2, 0) is 4.79 Å². The number of aromatic amines is 1. The number of alkyl halides is 3.